The molecule has 0 spiro atoms. The van der Waals surface area contributed by atoms with Crippen molar-refractivity contribution in [3.8, 4) is 0 Å². The van der Waals surface area contributed by atoms with Gasteiger partial charge in [0.05, 0.1) is 12.1 Å². The minimum Gasteiger partial charge on any atom is -0.301 e. The van der Waals surface area contributed by atoms with Crippen LogP contribution < -0.4 is 5.32 Å². The van der Waals surface area contributed by atoms with Gasteiger partial charge in [-0.2, -0.15) is 13.2 Å². The molecule has 16 heavy (non-hydrogen) atoms. The lowest BCUT2D eigenvalue weighted by Crippen LogP contribution is -2.55. The van der Waals surface area contributed by atoms with Gasteiger partial charge >= 0.3 is 6.18 Å². The van der Waals surface area contributed by atoms with Gasteiger partial charge in [0.15, 0.2) is 0 Å². The molecule has 2 nitrogen and oxygen atoms in total. The summed E-state index contributed by atoms with van der Waals surface area (Å²) in [5.41, 5.74) is 0. The Bertz CT molecular complexity index is 226. The minimum atomic E-state index is -4.10. The maximum Gasteiger partial charge on any atom is 0.391 e. The van der Waals surface area contributed by atoms with Gasteiger partial charge in [-0.3, -0.25) is 4.90 Å². The van der Waals surface area contributed by atoms with Crippen LogP contribution in [0.2, 0.25) is 0 Å². The molecule has 1 saturated heterocycles. The van der Waals surface area contributed by atoms with Gasteiger partial charge in [0.25, 0.3) is 0 Å². The largest absolute Gasteiger partial charge is 0.391 e. The van der Waals surface area contributed by atoms with E-state index >= 15 is 0 Å². The zero-order chi connectivity index (χ0) is 12.5. The van der Waals surface area contributed by atoms with Crippen molar-refractivity contribution in [1.29, 1.82) is 0 Å². The first kappa shape index (κ1) is 13.8. The second kappa shape index (κ2) is 4.92. The Hall–Kier alpha value is -0.290. The van der Waals surface area contributed by atoms with Crippen LogP contribution in [-0.2, 0) is 0 Å². The normalized spacial score (nSPS) is 34.1. The molecule has 1 aliphatic heterocycles. The zero-order valence-corrected chi connectivity index (χ0v) is 10.3. The van der Waals surface area contributed by atoms with Gasteiger partial charge in [0.2, 0.25) is 0 Å². The summed E-state index contributed by atoms with van der Waals surface area (Å²) in [5, 5.41) is 3.20. The highest BCUT2D eigenvalue weighted by Crippen LogP contribution is 2.38. The lowest BCUT2D eigenvalue weighted by Gasteiger charge is -2.42. The van der Waals surface area contributed by atoms with Crippen molar-refractivity contribution < 1.29 is 13.2 Å². The summed E-state index contributed by atoms with van der Waals surface area (Å²) in [6.07, 6.45) is -3.64. The maximum absolute atomic E-state index is 12.8. The molecule has 0 radical (unpaired) electrons. The van der Waals surface area contributed by atoms with Crippen LogP contribution in [0.1, 0.15) is 20.3 Å². The molecule has 1 heterocycles. The lowest BCUT2D eigenvalue weighted by molar-refractivity contribution is -0.194. The number of piperidine rings is 1. The first-order valence-corrected chi connectivity index (χ1v) is 5.70. The van der Waals surface area contributed by atoms with Gasteiger partial charge in [-0.15, -0.1) is 0 Å². The van der Waals surface area contributed by atoms with Crippen LogP contribution in [0.25, 0.3) is 0 Å². The molecule has 0 aromatic heterocycles. The Labute approximate surface area is 95.2 Å². The Morgan fingerprint density at radius 1 is 1.31 bits per heavy atom. The van der Waals surface area contributed by atoms with Crippen LogP contribution in [0.15, 0.2) is 0 Å². The van der Waals surface area contributed by atoms with E-state index in [4.69, 9.17) is 0 Å². The summed E-state index contributed by atoms with van der Waals surface area (Å²) < 4.78 is 38.3. The fourth-order valence-corrected chi connectivity index (χ4v) is 2.44. The fourth-order valence-electron chi connectivity index (χ4n) is 2.44. The Kier molecular flexibility index (Phi) is 4.23. The summed E-state index contributed by atoms with van der Waals surface area (Å²) >= 11 is 0. The van der Waals surface area contributed by atoms with Crippen molar-refractivity contribution in [3.63, 3.8) is 0 Å². The van der Waals surface area contributed by atoms with E-state index in [1.165, 1.54) is 6.92 Å². The molecular weight excluding hydrogens is 217 g/mol. The molecular formula is C11H21F3N2. The maximum atomic E-state index is 12.8. The van der Waals surface area contributed by atoms with Crippen molar-refractivity contribution in [2.45, 2.75) is 32.6 Å². The van der Waals surface area contributed by atoms with E-state index in [0.29, 0.717) is 12.3 Å². The minimum absolute atomic E-state index is 0.173. The standard InChI is InChI=1S/C11H21F3N2/c1-7-5-9(8(2)11(12,13)14)10(15-6-7)16(3)4/h7-10,15H,5-6H2,1-4H3. The lowest BCUT2D eigenvalue weighted by atomic mass is 9.80. The van der Waals surface area contributed by atoms with Crippen molar-refractivity contribution in [2.75, 3.05) is 20.6 Å². The molecule has 1 fully saturated rings. The quantitative estimate of drug-likeness (QED) is 0.794. The van der Waals surface area contributed by atoms with Crippen LogP contribution in [-0.4, -0.2) is 37.9 Å². The number of halogens is 3. The molecule has 0 aromatic rings. The van der Waals surface area contributed by atoms with Gasteiger partial charge in [-0.05, 0) is 38.9 Å². The molecule has 4 unspecified atom stereocenters. The van der Waals surface area contributed by atoms with Crippen LogP contribution in [0.5, 0.6) is 0 Å². The third kappa shape index (κ3) is 3.10. The molecule has 1 rings (SSSR count). The Morgan fingerprint density at radius 3 is 2.31 bits per heavy atom. The highest BCUT2D eigenvalue weighted by molar-refractivity contribution is 4.87. The number of nitrogens with zero attached hydrogens (tertiary/aromatic N) is 1. The summed E-state index contributed by atoms with van der Waals surface area (Å²) in [6.45, 7) is 4.08. The van der Waals surface area contributed by atoms with E-state index < -0.39 is 12.1 Å². The number of nitrogens with one attached hydrogen (secondary N) is 1. The molecule has 0 aliphatic carbocycles. The van der Waals surface area contributed by atoms with Crippen LogP contribution in [0.4, 0.5) is 13.2 Å². The molecule has 5 heteroatoms. The van der Waals surface area contributed by atoms with Crippen LogP contribution >= 0.6 is 0 Å². The molecule has 0 saturated carbocycles. The molecule has 0 bridgehead atoms. The van der Waals surface area contributed by atoms with Crippen molar-refractivity contribution in [2.24, 2.45) is 17.8 Å². The molecule has 1 N–H and O–H groups in total. The monoisotopic (exact) mass is 238 g/mol. The SMILES string of the molecule is CC1CNC(N(C)C)C(C(C)C(F)(F)F)C1. The first-order valence-electron chi connectivity index (χ1n) is 5.70. The smallest absolute Gasteiger partial charge is 0.301 e. The van der Waals surface area contributed by atoms with E-state index in [-0.39, 0.29) is 12.1 Å². The van der Waals surface area contributed by atoms with Crippen LogP contribution in [0, 0.1) is 17.8 Å². The van der Waals surface area contributed by atoms with Crippen LogP contribution in [0.3, 0.4) is 0 Å². The first-order chi connectivity index (χ1) is 7.23. The zero-order valence-electron chi connectivity index (χ0n) is 10.3. The molecule has 4 atom stereocenters. The highest BCUT2D eigenvalue weighted by atomic mass is 19.4. The summed E-state index contributed by atoms with van der Waals surface area (Å²) in [4.78, 5) is 1.85. The predicted octanol–water partition coefficient (Wildman–Crippen LogP) is 2.32. The number of hydrogen-bond acceptors (Lipinski definition) is 2. The highest BCUT2D eigenvalue weighted by Gasteiger charge is 2.46. The van der Waals surface area contributed by atoms with E-state index in [1.54, 1.807) is 0 Å². The van der Waals surface area contributed by atoms with Gasteiger partial charge in [0.1, 0.15) is 0 Å². The van der Waals surface area contributed by atoms with E-state index in [0.717, 1.165) is 6.54 Å². The second-order valence-electron chi connectivity index (χ2n) is 5.15. The molecule has 0 amide bonds. The molecule has 0 aromatic carbocycles. The van der Waals surface area contributed by atoms with E-state index in [1.807, 2.05) is 25.9 Å². The Morgan fingerprint density at radius 2 is 1.88 bits per heavy atom. The van der Waals surface area contributed by atoms with Gasteiger partial charge in [-0.1, -0.05) is 13.8 Å². The second-order valence-corrected chi connectivity index (χ2v) is 5.15. The van der Waals surface area contributed by atoms with Crippen molar-refractivity contribution in [1.82, 2.24) is 10.2 Å². The van der Waals surface area contributed by atoms with Gasteiger partial charge in [-0.25, -0.2) is 0 Å². The van der Waals surface area contributed by atoms with E-state index in [9.17, 15) is 13.2 Å². The number of alkyl halides is 3. The number of hydrogen-bond donors (Lipinski definition) is 1. The average molecular weight is 238 g/mol. The summed E-state index contributed by atoms with van der Waals surface area (Å²) in [7, 11) is 3.65. The summed E-state index contributed by atoms with van der Waals surface area (Å²) in [6, 6.07) is 0. The predicted molar refractivity (Wildman–Crippen MR) is 58.0 cm³/mol. The molecule has 1 aliphatic rings. The average Bonchev–Trinajstić information content (AvgIpc) is 2.14. The Balaban J connectivity index is 2.79. The number of rotatable bonds is 2. The fraction of sp³-hybridized carbons (Fsp3) is 1.00. The molecule has 96 valence electrons. The van der Waals surface area contributed by atoms with Crippen molar-refractivity contribution in [3.05, 3.63) is 0 Å². The third-order valence-electron chi connectivity index (χ3n) is 3.47. The summed E-state index contributed by atoms with van der Waals surface area (Å²) in [5.74, 6) is -1.31. The topological polar surface area (TPSA) is 15.3 Å². The van der Waals surface area contributed by atoms with Crippen molar-refractivity contribution >= 4 is 0 Å². The van der Waals surface area contributed by atoms with E-state index in [2.05, 4.69) is 5.32 Å². The van der Waals surface area contributed by atoms with Gasteiger partial charge in [0, 0.05) is 0 Å². The third-order valence-corrected chi connectivity index (χ3v) is 3.47. The van der Waals surface area contributed by atoms with Gasteiger partial charge < -0.3 is 5.32 Å².